The SMILES string of the molecule is COCCN(C)c1nc(C(C)(C)C)c(CN)s1. The van der Waals surface area contributed by atoms with Gasteiger partial charge in [-0.1, -0.05) is 20.8 Å². The smallest absolute Gasteiger partial charge is 0.185 e. The molecule has 0 radical (unpaired) electrons. The van der Waals surface area contributed by atoms with E-state index < -0.39 is 0 Å². The number of hydrogen-bond donors (Lipinski definition) is 1. The number of anilines is 1. The standard InChI is InChI=1S/C12H23N3OS/c1-12(2,3)10-9(8-13)17-11(14-10)15(4)6-7-16-5/h6-8,13H2,1-5H3. The van der Waals surface area contributed by atoms with Crippen LogP contribution in [0.1, 0.15) is 31.3 Å². The Hall–Kier alpha value is -0.650. The van der Waals surface area contributed by atoms with Crippen LogP contribution in [0, 0.1) is 0 Å². The van der Waals surface area contributed by atoms with E-state index in [-0.39, 0.29) is 5.41 Å². The minimum Gasteiger partial charge on any atom is -0.383 e. The highest BCUT2D eigenvalue weighted by atomic mass is 32.1. The van der Waals surface area contributed by atoms with Gasteiger partial charge in [0.25, 0.3) is 0 Å². The van der Waals surface area contributed by atoms with E-state index in [1.54, 1.807) is 18.4 Å². The monoisotopic (exact) mass is 257 g/mol. The van der Waals surface area contributed by atoms with Gasteiger partial charge in [-0.3, -0.25) is 0 Å². The number of aromatic nitrogens is 1. The third-order valence-corrected chi connectivity index (χ3v) is 3.73. The van der Waals surface area contributed by atoms with Crippen molar-refractivity contribution in [2.45, 2.75) is 32.7 Å². The van der Waals surface area contributed by atoms with Crippen molar-refractivity contribution in [3.05, 3.63) is 10.6 Å². The second kappa shape index (κ2) is 5.80. The van der Waals surface area contributed by atoms with Crippen LogP contribution in [0.5, 0.6) is 0 Å². The maximum atomic E-state index is 5.79. The van der Waals surface area contributed by atoms with Gasteiger partial charge >= 0.3 is 0 Å². The van der Waals surface area contributed by atoms with Crippen LogP contribution >= 0.6 is 11.3 Å². The molecule has 0 bridgehead atoms. The zero-order valence-electron chi connectivity index (χ0n) is 11.4. The van der Waals surface area contributed by atoms with E-state index in [2.05, 4.69) is 25.7 Å². The largest absolute Gasteiger partial charge is 0.383 e. The summed E-state index contributed by atoms with van der Waals surface area (Å²) >= 11 is 1.68. The third-order valence-electron chi connectivity index (χ3n) is 2.54. The van der Waals surface area contributed by atoms with E-state index in [1.165, 1.54) is 4.88 Å². The molecule has 0 aliphatic heterocycles. The maximum absolute atomic E-state index is 5.79. The van der Waals surface area contributed by atoms with Gasteiger partial charge in [-0.15, -0.1) is 11.3 Å². The number of ether oxygens (including phenoxy) is 1. The number of rotatable bonds is 5. The molecule has 0 amide bonds. The molecule has 0 aliphatic carbocycles. The molecule has 1 heterocycles. The van der Waals surface area contributed by atoms with Gasteiger partial charge in [-0.2, -0.15) is 0 Å². The summed E-state index contributed by atoms with van der Waals surface area (Å²) in [6.07, 6.45) is 0. The molecule has 0 spiro atoms. The molecular weight excluding hydrogens is 234 g/mol. The fraction of sp³-hybridized carbons (Fsp3) is 0.750. The van der Waals surface area contributed by atoms with E-state index in [4.69, 9.17) is 15.5 Å². The molecule has 0 aromatic carbocycles. The van der Waals surface area contributed by atoms with Crippen molar-refractivity contribution in [2.24, 2.45) is 5.73 Å². The summed E-state index contributed by atoms with van der Waals surface area (Å²) < 4.78 is 5.08. The summed E-state index contributed by atoms with van der Waals surface area (Å²) in [6, 6.07) is 0. The van der Waals surface area contributed by atoms with Crippen LogP contribution in [-0.4, -0.2) is 32.3 Å². The zero-order valence-corrected chi connectivity index (χ0v) is 12.2. The molecule has 98 valence electrons. The van der Waals surface area contributed by atoms with E-state index in [9.17, 15) is 0 Å². The van der Waals surface area contributed by atoms with Gasteiger partial charge in [0.15, 0.2) is 5.13 Å². The summed E-state index contributed by atoms with van der Waals surface area (Å²) in [5.41, 5.74) is 6.95. The molecule has 0 fully saturated rings. The first-order chi connectivity index (χ1) is 7.90. The van der Waals surface area contributed by atoms with Crippen LogP contribution in [0.2, 0.25) is 0 Å². The molecule has 4 nitrogen and oxygen atoms in total. The second-order valence-electron chi connectivity index (χ2n) is 5.14. The van der Waals surface area contributed by atoms with Gasteiger partial charge in [0, 0.05) is 37.5 Å². The van der Waals surface area contributed by atoms with Gasteiger partial charge in [0.05, 0.1) is 12.3 Å². The highest BCUT2D eigenvalue weighted by Crippen LogP contribution is 2.33. The van der Waals surface area contributed by atoms with Crippen LogP contribution in [0.4, 0.5) is 5.13 Å². The quantitative estimate of drug-likeness (QED) is 0.876. The average molecular weight is 257 g/mol. The van der Waals surface area contributed by atoms with Crippen LogP contribution in [0.25, 0.3) is 0 Å². The van der Waals surface area contributed by atoms with Crippen LogP contribution < -0.4 is 10.6 Å². The van der Waals surface area contributed by atoms with Crippen molar-refractivity contribution in [1.29, 1.82) is 0 Å². The molecule has 0 aliphatic rings. The summed E-state index contributed by atoms with van der Waals surface area (Å²) in [4.78, 5) is 8.01. The lowest BCUT2D eigenvalue weighted by molar-refractivity contribution is 0.206. The van der Waals surface area contributed by atoms with Crippen molar-refractivity contribution in [3.63, 3.8) is 0 Å². The minimum atomic E-state index is 0.0472. The summed E-state index contributed by atoms with van der Waals surface area (Å²) in [7, 11) is 3.74. The number of nitrogens with two attached hydrogens (primary N) is 1. The third kappa shape index (κ3) is 3.66. The summed E-state index contributed by atoms with van der Waals surface area (Å²) in [5, 5.41) is 1.02. The van der Waals surface area contributed by atoms with Gasteiger partial charge in [0.2, 0.25) is 0 Å². The normalized spacial score (nSPS) is 11.9. The number of hydrogen-bond acceptors (Lipinski definition) is 5. The van der Waals surface area contributed by atoms with Gasteiger partial charge in [-0.05, 0) is 0 Å². The lowest BCUT2D eigenvalue weighted by Gasteiger charge is -2.17. The van der Waals surface area contributed by atoms with Crippen LogP contribution in [0.15, 0.2) is 0 Å². The Kier molecular flexibility index (Phi) is 4.91. The van der Waals surface area contributed by atoms with Crippen molar-refractivity contribution < 1.29 is 4.74 Å². The van der Waals surface area contributed by atoms with Gasteiger partial charge < -0.3 is 15.4 Å². The fourth-order valence-corrected chi connectivity index (χ4v) is 2.69. The Bertz CT molecular complexity index is 357. The topological polar surface area (TPSA) is 51.4 Å². The molecule has 17 heavy (non-hydrogen) atoms. The van der Waals surface area contributed by atoms with Gasteiger partial charge in [0.1, 0.15) is 0 Å². The van der Waals surface area contributed by atoms with Crippen LogP contribution in [0.3, 0.4) is 0 Å². The Morgan fingerprint density at radius 2 is 2.06 bits per heavy atom. The van der Waals surface area contributed by atoms with Gasteiger partial charge in [-0.25, -0.2) is 4.98 Å². The molecule has 0 saturated heterocycles. The molecule has 1 aromatic heterocycles. The minimum absolute atomic E-state index is 0.0472. The summed E-state index contributed by atoms with van der Waals surface area (Å²) in [5.74, 6) is 0. The number of methoxy groups -OCH3 is 1. The highest BCUT2D eigenvalue weighted by molar-refractivity contribution is 7.15. The highest BCUT2D eigenvalue weighted by Gasteiger charge is 2.23. The number of nitrogens with zero attached hydrogens (tertiary/aromatic N) is 2. The molecule has 1 aromatic rings. The number of thiazole rings is 1. The Balaban J connectivity index is 2.92. The molecule has 0 atom stereocenters. The first kappa shape index (κ1) is 14.4. The van der Waals surface area contributed by atoms with Crippen molar-refractivity contribution in [2.75, 3.05) is 32.2 Å². The predicted octanol–water partition coefficient (Wildman–Crippen LogP) is 1.98. The fourth-order valence-electron chi connectivity index (χ4n) is 1.55. The Morgan fingerprint density at radius 1 is 1.41 bits per heavy atom. The zero-order chi connectivity index (χ0) is 13.1. The molecule has 2 N–H and O–H groups in total. The molecular formula is C12H23N3OS. The lowest BCUT2D eigenvalue weighted by Crippen LogP contribution is -2.22. The van der Waals surface area contributed by atoms with Crippen molar-refractivity contribution in [1.82, 2.24) is 4.98 Å². The Morgan fingerprint density at radius 3 is 2.47 bits per heavy atom. The first-order valence-corrected chi connectivity index (χ1v) is 6.62. The maximum Gasteiger partial charge on any atom is 0.185 e. The predicted molar refractivity (Wildman–Crippen MR) is 73.9 cm³/mol. The number of likely N-dealkylation sites (N-methyl/N-ethyl adjacent to an activating group) is 1. The molecule has 1 rings (SSSR count). The molecule has 0 unspecified atom stereocenters. The second-order valence-corrected chi connectivity index (χ2v) is 6.20. The first-order valence-electron chi connectivity index (χ1n) is 5.80. The van der Waals surface area contributed by atoms with Crippen LogP contribution in [-0.2, 0) is 16.7 Å². The van der Waals surface area contributed by atoms with E-state index in [0.29, 0.717) is 13.2 Å². The Labute approximate surface area is 108 Å². The molecule has 0 saturated carbocycles. The van der Waals surface area contributed by atoms with E-state index in [1.807, 2.05) is 7.05 Å². The summed E-state index contributed by atoms with van der Waals surface area (Å²) in [6.45, 7) is 8.61. The lowest BCUT2D eigenvalue weighted by atomic mass is 9.91. The molecule has 5 heteroatoms. The van der Waals surface area contributed by atoms with E-state index >= 15 is 0 Å². The van der Waals surface area contributed by atoms with E-state index in [0.717, 1.165) is 17.4 Å². The van der Waals surface area contributed by atoms with Crippen molar-refractivity contribution >= 4 is 16.5 Å². The average Bonchev–Trinajstić information content (AvgIpc) is 2.69. The van der Waals surface area contributed by atoms with Crippen molar-refractivity contribution in [3.8, 4) is 0 Å².